The van der Waals surface area contributed by atoms with E-state index in [0.29, 0.717) is 23.0 Å². The van der Waals surface area contributed by atoms with Crippen molar-refractivity contribution in [3.05, 3.63) is 52.9 Å². The van der Waals surface area contributed by atoms with Crippen LogP contribution in [0.25, 0.3) is 10.9 Å². The van der Waals surface area contributed by atoms with Crippen molar-refractivity contribution in [2.45, 2.75) is 13.3 Å². The molecule has 7 heteroatoms. The molecule has 2 aromatic heterocycles. The Morgan fingerprint density at radius 2 is 2.04 bits per heavy atom. The number of aryl methyl sites for hydroxylation is 2. The van der Waals surface area contributed by atoms with Gasteiger partial charge in [0.25, 0.3) is 0 Å². The van der Waals surface area contributed by atoms with E-state index in [1.165, 1.54) is 0 Å². The first-order valence-corrected chi connectivity index (χ1v) is 8.03. The molecule has 0 spiro atoms. The molecular formula is C17H18BClN2O3. The van der Waals surface area contributed by atoms with Crippen molar-refractivity contribution in [1.29, 1.82) is 0 Å². The van der Waals surface area contributed by atoms with Crippen LogP contribution in [0.3, 0.4) is 0 Å². The molecule has 0 fully saturated rings. The van der Waals surface area contributed by atoms with Gasteiger partial charge in [-0.3, -0.25) is 0 Å². The minimum Gasteiger partial charge on any atom is -0.493 e. The summed E-state index contributed by atoms with van der Waals surface area (Å²) in [4.78, 5) is 4.11. The molecule has 0 saturated carbocycles. The van der Waals surface area contributed by atoms with Gasteiger partial charge in [0.05, 0.1) is 18.3 Å². The van der Waals surface area contributed by atoms with Crippen LogP contribution >= 0.6 is 11.6 Å². The zero-order valence-electron chi connectivity index (χ0n) is 13.5. The van der Waals surface area contributed by atoms with Crippen LogP contribution in [-0.4, -0.2) is 33.3 Å². The van der Waals surface area contributed by atoms with E-state index in [2.05, 4.69) is 15.6 Å². The molecule has 124 valence electrons. The van der Waals surface area contributed by atoms with Crippen molar-refractivity contribution >= 4 is 35.1 Å². The number of rotatable bonds is 5. The SMILES string of the molecule is Cc1cc(OCCc2cc3cc(Cl)ncc3n2C)ccc1B(O)O. The molecule has 0 bridgehead atoms. The zero-order valence-corrected chi connectivity index (χ0v) is 14.3. The second-order valence-electron chi connectivity index (χ2n) is 5.75. The number of benzene rings is 1. The Hall–Kier alpha value is -2.02. The van der Waals surface area contributed by atoms with Crippen LogP contribution in [0.2, 0.25) is 5.15 Å². The van der Waals surface area contributed by atoms with E-state index in [-0.39, 0.29) is 0 Å². The molecule has 0 atom stereocenters. The topological polar surface area (TPSA) is 67.5 Å². The second kappa shape index (κ2) is 6.85. The van der Waals surface area contributed by atoms with Gasteiger partial charge in [0.1, 0.15) is 10.9 Å². The third-order valence-corrected chi connectivity index (χ3v) is 4.35. The predicted octanol–water partition coefficient (Wildman–Crippen LogP) is 1.84. The Bertz CT molecular complexity index is 880. The minimum atomic E-state index is -1.46. The Kier molecular flexibility index (Phi) is 4.80. The van der Waals surface area contributed by atoms with Crippen molar-refractivity contribution < 1.29 is 14.8 Å². The summed E-state index contributed by atoms with van der Waals surface area (Å²) in [5.41, 5.74) is 3.44. The molecule has 3 aromatic rings. The highest BCUT2D eigenvalue weighted by Crippen LogP contribution is 2.21. The lowest BCUT2D eigenvalue weighted by molar-refractivity contribution is 0.319. The first-order chi connectivity index (χ1) is 11.5. The van der Waals surface area contributed by atoms with Gasteiger partial charge in [-0.25, -0.2) is 4.98 Å². The van der Waals surface area contributed by atoms with Crippen molar-refractivity contribution in [2.75, 3.05) is 6.61 Å². The molecule has 0 aliphatic rings. The summed E-state index contributed by atoms with van der Waals surface area (Å²) in [6, 6.07) is 9.15. The summed E-state index contributed by atoms with van der Waals surface area (Å²) in [6.07, 6.45) is 2.51. The van der Waals surface area contributed by atoms with Gasteiger partial charge in [-0.05, 0) is 42.2 Å². The maximum atomic E-state index is 9.24. The monoisotopic (exact) mass is 344 g/mol. The quantitative estimate of drug-likeness (QED) is 0.547. The van der Waals surface area contributed by atoms with Gasteiger partial charge in [-0.1, -0.05) is 17.7 Å². The fraction of sp³-hybridized carbons (Fsp3) is 0.235. The van der Waals surface area contributed by atoms with E-state index in [1.54, 1.807) is 24.4 Å². The molecule has 3 rings (SSSR count). The van der Waals surface area contributed by atoms with Gasteiger partial charge >= 0.3 is 7.12 Å². The van der Waals surface area contributed by atoms with E-state index in [9.17, 15) is 10.0 Å². The Morgan fingerprint density at radius 1 is 1.25 bits per heavy atom. The average molecular weight is 345 g/mol. The van der Waals surface area contributed by atoms with E-state index in [4.69, 9.17) is 16.3 Å². The number of aromatic nitrogens is 2. The molecule has 0 unspecified atom stereocenters. The molecule has 24 heavy (non-hydrogen) atoms. The fourth-order valence-electron chi connectivity index (χ4n) is 2.80. The summed E-state index contributed by atoms with van der Waals surface area (Å²) in [5.74, 6) is 0.709. The predicted molar refractivity (Wildman–Crippen MR) is 95.9 cm³/mol. The van der Waals surface area contributed by atoms with Gasteiger partial charge in [0, 0.05) is 24.5 Å². The molecular weight excluding hydrogens is 326 g/mol. The van der Waals surface area contributed by atoms with Crippen LogP contribution in [0.15, 0.2) is 36.5 Å². The number of pyridine rings is 1. The Morgan fingerprint density at radius 3 is 2.75 bits per heavy atom. The molecule has 0 radical (unpaired) electrons. The third-order valence-electron chi connectivity index (χ3n) is 4.14. The first-order valence-electron chi connectivity index (χ1n) is 7.65. The van der Waals surface area contributed by atoms with Gasteiger partial charge in [-0.2, -0.15) is 0 Å². The Balaban J connectivity index is 1.68. The number of halogens is 1. The minimum absolute atomic E-state index is 0.484. The van der Waals surface area contributed by atoms with Crippen LogP contribution in [-0.2, 0) is 13.5 Å². The summed E-state index contributed by atoms with van der Waals surface area (Å²) >= 11 is 5.93. The van der Waals surface area contributed by atoms with Crippen LogP contribution in [0.5, 0.6) is 5.75 Å². The molecule has 1 aromatic carbocycles. The molecule has 0 amide bonds. The molecule has 5 nitrogen and oxygen atoms in total. The lowest BCUT2D eigenvalue weighted by atomic mass is 9.77. The highest BCUT2D eigenvalue weighted by Gasteiger charge is 2.14. The van der Waals surface area contributed by atoms with E-state index in [1.807, 2.05) is 20.0 Å². The van der Waals surface area contributed by atoms with E-state index >= 15 is 0 Å². The van der Waals surface area contributed by atoms with Crippen LogP contribution < -0.4 is 10.2 Å². The fourth-order valence-corrected chi connectivity index (χ4v) is 2.97. The van der Waals surface area contributed by atoms with Crippen molar-refractivity contribution in [1.82, 2.24) is 9.55 Å². The highest BCUT2D eigenvalue weighted by molar-refractivity contribution is 6.59. The normalized spacial score (nSPS) is 11.0. The summed E-state index contributed by atoms with van der Waals surface area (Å²) in [5, 5.41) is 20.0. The number of hydrogen-bond acceptors (Lipinski definition) is 4. The summed E-state index contributed by atoms with van der Waals surface area (Å²) in [7, 11) is 0.532. The molecule has 0 aliphatic heterocycles. The lowest BCUT2D eigenvalue weighted by Crippen LogP contribution is -2.31. The van der Waals surface area contributed by atoms with Gasteiger partial charge < -0.3 is 19.4 Å². The van der Waals surface area contributed by atoms with Crippen LogP contribution in [0.1, 0.15) is 11.3 Å². The number of fused-ring (bicyclic) bond motifs is 1. The maximum Gasteiger partial charge on any atom is 0.488 e. The standard InChI is InChI=1S/C17H18BClN2O3/c1-11-7-14(3-4-15(11)18(22)23)24-6-5-13-8-12-9-17(19)20-10-16(12)21(13)2/h3-4,7-10,22-23H,5-6H2,1-2H3. The van der Waals surface area contributed by atoms with Gasteiger partial charge in [0.15, 0.2) is 0 Å². The van der Waals surface area contributed by atoms with E-state index in [0.717, 1.165) is 28.6 Å². The molecule has 2 N–H and O–H groups in total. The maximum absolute atomic E-state index is 9.24. The van der Waals surface area contributed by atoms with Crippen molar-refractivity contribution in [2.24, 2.45) is 7.05 Å². The average Bonchev–Trinajstić information content (AvgIpc) is 2.82. The van der Waals surface area contributed by atoms with Crippen LogP contribution in [0.4, 0.5) is 0 Å². The lowest BCUT2D eigenvalue weighted by Gasteiger charge is -2.10. The molecule has 0 aliphatic carbocycles. The molecule has 0 saturated heterocycles. The van der Waals surface area contributed by atoms with Crippen LogP contribution in [0, 0.1) is 6.92 Å². The largest absolute Gasteiger partial charge is 0.493 e. The van der Waals surface area contributed by atoms with Crippen molar-refractivity contribution in [3.8, 4) is 5.75 Å². The number of ether oxygens (including phenoxy) is 1. The number of nitrogens with zero attached hydrogens (tertiary/aromatic N) is 2. The first kappa shape index (κ1) is 16.8. The third kappa shape index (κ3) is 3.41. The second-order valence-corrected chi connectivity index (χ2v) is 6.14. The smallest absolute Gasteiger partial charge is 0.488 e. The van der Waals surface area contributed by atoms with Gasteiger partial charge in [0.2, 0.25) is 0 Å². The summed E-state index contributed by atoms with van der Waals surface area (Å²) in [6.45, 7) is 2.34. The molecule has 2 heterocycles. The Labute approximate surface area is 145 Å². The van der Waals surface area contributed by atoms with E-state index < -0.39 is 7.12 Å². The summed E-state index contributed by atoms with van der Waals surface area (Å²) < 4.78 is 7.86. The highest BCUT2D eigenvalue weighted by atomic mass is 35.5. The zero-order chi connectivity index (χ0) is 17.3. The number of hydrogen-bond donors (Lipinski definition) is 2. The van der Waals surface area contributed by atoms with Gasteiger partial charge in [-0.15, -0.1) is 0 Å². The van der Waals surface area contributed by atoms with Crippen molar-refractivity contribution in [3.63, 3.8) is 0 Å².